The lowest BCUT2D eigenvalue weighted by atomic mass is 10.1. The number of phenols is 1. The first kappa shape index (κ1) is 11.0. The van der Waals surface area contributed by atoms with Gasteiger partial charge in [-0.3, -0.25) is 4.79 Å². The van der Waals surface area contributed by atoms with Gasteiger partial charge >= 0.3 is 0 Å². The third-order valence-electron chi connectivity index (χ3n) is 1.87. The van der Waals surface area contributed by atoms with E-state index in [1.165, 1.54) is 13.0 Å². The molecule has 0 spiro atoms. The molecular weight excluding hydrogens is 207 g/mol. The van der Waals surface area contributed by atoms with Crippen LogP contribution >= 0.6 is 11.6 Å². The van der Waals surface area contributed by atoms with Crippen molar-refractivity contribution in [1.29, 1.82) is 0 Å². The van der Waals surface area contributed by atoms with E-state index in [1.54, 1.807) is 6.92 Å². The summed E-state index contributed by atoms with van der Waals surface area (Å²) < 4.78 is 13.3. The first-order valence-electron chi connectivity index (χ1n) is 4.09. The van der Waals surface area contributed by atoms with Crippen molar-refractivity contribution in [2.75, 3.05) is 0 Å². The lowest BCUT2D eigenvalue weighted by Gasteiger charge is -2.07. The lowest BCUT2D eigenvalue weighted by Crippen LogP contribution is -2.00. The molecule has 1 N–H and O–H groups in total. The number of aryl methyl sites for hydroxylation is 1. The van der Waals surface area contributed by atoms with E-state index in [0.717, 1.165) is 0 Å². The zero-order valence-electron chi connectivity index (χ0n) is 7.90. The van der Waals surface area contributed by atoms with Gasteiger partial charge in [0, 0.05) is 6.42 Å². The van der Waals surface area contributed by atoms with Gasteiger partial charge in [-0.15, -0.1) is 0 Å². The number of aromatic hydroxyl groups is 1. The van der Waals surface area contributed by atoms with E-state index < -0.39 is 11.6 Å². The van der Waals surface area contributed by atoms with E-state index in [1.807, 2.05) is 0 Å². The molecule has 4 heteroatoms. The molecule has 0 aromatic heterocycles. The number of hydrogen-bond donors (Lipinski definition) is 1. The topological polar surface area (TPSA) is 37.3 Å². The number of halogens is 2. The van der Waals surface area contributed by atoms with E-state index >= 15 is 0 Å². The molecular formula is C10H10ClFO2. The number of rotatable bonds is 2. The first-order valence-corrected chi connectivity index (χ1v) is 4.47. The van der Waals surface area contributed by atoms with Gasteiger partial charge in [0.1, 0.15) is 5.78 Å². The van der Waals surface area contributed by atoms with Gasteiger partial charge < -0.3 is 5.11 Å². The second-order valence-corrected chi connectivity index (χ2v) is 3.59. The van der Waals surface area contributed by atoms with Crippen LogP contribution in [0.25, 0.3) is 0 Å². The number of ketones is 1. The van der Waals surface area contributed by atoms with Crippen molar-refractivity contribution in [1.82, 2.24) is 0 Å². The molecule has 14 heavy (non-hydrogen) atoms. The Morgan fingerprint density at radius 2 is 2.21 bits per heavy atom. The van der Waals surface area contributed by atoms with E-state index in [0.29, 0.717) is 5.56 Å². The fourth-order valence-electron chi connectivity index (χ4n) is 1.22. The fourth-order valence-corrected chi connectivity index (χ4v) is 1.36. The zero-order chi connectivity index (χ0) is 10.9. The summed E-state index contributed by atoms with van der Waals surface area (Å²) in [6, 6.07) is 1.47. The molecule has 0 saturated heterocycles. The molecule has 0 aliphatic carbocycles. The number of carbonyl (C=O) groups is 1. The largest absolute Gasteiger partial charge is 0.504 e. The highest BCUT2D eigenvalue weighted by Gasteiger charge is 2.14. The quantitative estimate of drug-likeness (QED) is 0.825. The van der Waals surface area contributed by atoms with Crippen LogP contribution in [0.5, 0.6) is 5.75 Å². The molecule has 0 atom stereocenters. The van der Waals surface area contributed by atoms with Crippen molar-refractivity contribution in [3.8, 4) is 5.75 Å². The predicted molar refractivity (Wildman–Crippen MR) is 52.2 cm³/mol. The molecule has 0 unspecified atom stereocenters. The number of phenolic OH excluding ortho intramolecular Hbond substituents is 1. The summed E-state index contributed by atoms with van der Waals surface area (Å²) in [5.74, 6) is -1.55. The Morgan fingerprint density at radius 1 is 1.64 bits per heavy atom. The summed E-state index contributed by atoms with van der Waals surface area (Å²) in [4.78, 5) is 10.8. The van der Waals surface area contributed by atoms with Crippen LogP contribution in [0.15, 0.2) is 6.07 Å². The van der Waals surface area contributed by atoms with Crippen LogP contribution in [0.3, 0.4) is 0 Å². The van der Waals surface area contributed by atoms with Gasteiger partial charge in [-0.05, 0) is 25.0 Å². The second-order valence-electron chi connectivity index (χ2n) is 3.21. The van der Waals surface area contributed by atoms with E-state index in [4.69, 9.17) is 11.6 Å². The van der Waals surface area contributed by atoms with Crippen molar-refractivity contribution in [2.24, 2.45) is 0 Å². The van der Waals surface area contributed by atoms with E-state index in [9.17, 15) is 14.3 Å². The SMILES string of the molecule is CC(=O)Cc1cc(C)c(Cl)c(O)c1F. The molecule has 0 fully saturated rings. The maximum Gasteiger partial charge on any atom is 0.170 e. The summed E-state index contributed by atoms with van der Waals surface area (Å²) in [5.41, 5.74) is 0.735. The average molecular weight is 217 g/mol. The normalized spacial score (nSPS) is 10.3. The Morgan fingerprint density at radius 3 is 2.71 bits per heavy atom. The van der Waals surface area contributed by atoms with Gasteiger partial charge in [0.25, 0.3) is 0 Å². The molecule has 0 radical (unpaired) electrons. The minimum atomic E-state index is -0.809. The average Bonchev–Trinajstić information content (AvgIpc) is 2.10. The highest BCUT2D eigenvalue weighted by Crippen LogP contribution is 2.32. The van der Waals surface area contributed by atoms with Crippen LogP contribution in [0.4, 0.5) is 4.39 Å². The maximum absolute atomic E-state index is 13.3. The van der Waals surface area contributed by atoms with Crippen LogP contribution < -0.4 is 0 Å². The predicted octanol–water partition coefficient (Wildman–Crippen LogP) is 2.62. The fraction of sp³-hybridized carbons (Fsp3) is 0.300. The number of carbonyl (C=O) groups excluding carboxylic acids is 1. The molecule has 1 aromatic rings. The second kappa shape index (κ2) is 3.96. The van der Waals surface area contributed by atoms with Crippen molar-refractivity contribution >= 4 is 17.4 Å². The Hall–Kier alpha value is -1.09. The summed E-state index contributed by atoms with van der Waals surface area (Å²) in [6.07, 6.45) is -0.0304. The Bertz CT molecular complexity index is 388. The molecule has 0 aliphatic rings. The van der Waals surface area contributed by atoms with Gasteiger partial charge in [-0.2, -0.15) is 0 Å². The Labute approximate surface area is 86.3 Å². The Kier molecular flexibility index (Phi) is 3.11. The van der Waals surface area contributed by atoms with Gasteiger partial charge in [0.05, 0.1) is 5.02 Å². The van der Waals surface area contributed by atoms with Crippen LogP contribution in [-0.2, 0) is 11.2 Å². The summed E-state index contributed by atoms with van der Waals surface area (Å²) in [6.45, 7) is 3.01. The van der Waals surface area contributed by atoms with Crippen molar-refractivity contribution in [3.63, 3.8) is 0 Å². The third kappa shape index (κ3) is 2.04. The summed E-state index contributed by atoms with van der Waals surface area (Å²) >= 11 is 5.62. The van der Waals surface area contributed by atoms with Crippen LogP contribution in [-0.4, -0.2) is 10.9 Å². The molecule has 2 nitrogen and oxygen atoms in total. The highest BCUT2D eigenvalue weighted by atomic mass is 35.5. The first-order chi connectivity index (χ1) is 6.43. The van der Waals surface area contributed by atoms with Gasteiger partial charge in [-0.1, -0.05) is 17.7 Å². The van der Waals surface area contributed by atoms with Crippen LogP contribution in [0.1, 0.15) is 18.1 Å². The molecule has 0 bridgehead atoms. The van der Waals surface area contributed by atoms with Crippen molar-refractivity contribution in [2.45, 2.75) is 20.3 Å². The van der Waals surface area contributed by atoms with Crippen LogP contribution in [0, 0.1) is 12.7 Å². The van der Waals surface area contributed by atoms with Gasteiger partial charge in [-0.25, -0.2) is 4.39 Å². The van der Waals surface area contributed by atoms with Gasteiger partial charge in [0.2, 0.25) is 0 Å². The molecule has 76 valence electrons. The molecule has 0 amide bonds. The highest BCUT2D eigenvalue weighted by molar-refractivity contribution is 6.32. The number of Topliss-reactive ketones (excluding diaryl/α,β-unsaturated/α-hetero) is 1. The standard InChI is InChI=1S/C10H10ClFO2/c1-5-3-7(4-6(2)13)9(12)10(14)8(5)11/h3,14H,4H2,1-2H3. The Balaban J connectivity index is 3.25. The monoisotopic (exact) mass is 216 g/mol. The third-order valence-corrected chi connectivity index (χ3v) is 2.35. The number of hydrogen-bond acceptors (Lipinski definition) is 2. The zero-order valence-corrected chi connectivity index (χ0v) is 8.65. The van der Waals surface area contributed by atoms with Crippen molar-refractivity contribution < 1.29 is 14.3 Å². The van der Waals surface area contributed by atoms with E-state index in [-0.39, 0.29) is 22.8 Å². The summed E-state index contributed by atoms with van der Waals surface area (Å²) in [5, 5.41) is 9.26. The molecule has 0 saturated carbocycles. The maximum atomic E-state index is 13.3. The minimum absolute atomic E-state index is 0.00481. The smallest absolute Gasteiger partial charge is 0.170 e. The molecule has 1 rings (SSSR count). The lowest BCUT2D eigenvalue weighted by molar-refractivity contribution is -0.116. The van der Waals surface area contributed by atoms with Crippen molar-refractivity contribution in [3.05, 3.63) is 28.0 Å². The van der Waals surface area contributed by atoms with Gasteiger partial charge in [0.15, 0.2) is 11.6 Å². The van der Waals surface area contributed by atoms with Crippen LogP contribution in [0.2, 0.25) is 5.02 Å². The summed E-state index contributed by atoms with van der Waals surface area (Å²) in [7, 11) is 0. The molecule has 0 heterocycles. The molecule has 1 aromatic carbocycles. The number of benzene rings is 1. The van der Waals surface area contributed by atoms with E-state index in [2.05, 4.69) is 0 Å². The minimum Gasteiger partial charge on any atom is -0.504 e. The molecule has 0 aliphatic heterocycles.